The molecule has 114 valence electrons. The van der Waals surface area contributed by atoms with E-state index in [9.17, 15) is 8.42 Å². The summed E-state index contributed by atoms with van der Waals surface area (Å²) in [6.07, 6.45) is 7.78. The van der Waals surface area contributed by atoms with Crippen molar-refractivity contribution in [3.8, 4) is 5.69 Å². The smallest absolute Gasteiger partial charge is 0.259 e. The van der Waals surface area contributed by atoms with Crippen molar-refractivity contribution < 1.29 is 8.42 Å². The number of pyridine rings is 1. The summed E-state index contributed by atoms with van der Waals surface area (Å²) >= 11 is 0. The first-order chi connectivity index (χ1) is 10.5. The molecule has 0 aromatic carbocycles. The highest BCUT2D eigenvalue weighted by molar-refractivity contribution is 7.89. The zero-order valence-electron chi connectivity index (χ0n) is 11.7. The molecule has 0 saturated heterocycles. The first-order valence-corrected chi connectivity index (χ1v) is 7.82. The van der Waals surface area contributed by atoms with E-state index in [1.54, 1.807) is 47.0 Å². The van der Waals surface area contributed by atoms with E-state index in [0.717, 1.165) is 5.69 Å². The summed E-state index contributed by atoms with van der Waals surface area (Å²) in [6.45, 7) is 0.0317. The summed E-state index contributed by atoms with van der Waals surface area (Å²) in [5.74, 6) is 0. The van der Waals surface area contributed by atoms with Crippen LogP contribution in [0.2, 0.25) is 0 Å². The number of sulfonamides is 1. The van der Waals surface area contributed by atoms with E-state index in [0.29, 0.717) is 5.69 Å². The topological polar surface area (TPSA) is 108 Å². The Balaban J connectivity index is 1.71. The molecular formula is C12H13N7O2S. The van der Waals surface area contributed by atoms with Crippen LogP contribution in [0.5, 0.6) is 0 Å². The summed E-state index contributed by atoms with van der Waals surface area (Å²) in [6, 6.07) is 3.55. The van der Waals surface area contributed by atoms with Crippen molar-refractivity contribution in [3.05, 3.63) is 48.9 Å². The summed E-state index contributed by atoms with van der Waals surface area (Å²) in [7, 11) is -1.96. The SMILES string of the molecule is Cn1cnc(S(=O)(=O)NCc2cn(-c3ccncc3)nn2)c1. The van der Waals surface area contributed by atoms with Crippen LogP contribution in [0.3, 0.4) is 0 Å². The molecule has 0 unspecified atom stereocenters. The van der Waals surface area contributed by atoms with Gasteiger partial charge in [-0.2, -0.15) is 0 Å². The van der Waals surface area contributed by atoms with E-state index >= 15 is 0 Å². The molecule has 1 N–H and O–H groups in total. The van der Waals surface area contributed by atoms with Crippen molar-refractivity contribution in [2.75, 3.05) is 0 Å². The number of aromatic nitrogens is 6. The Morgan fingerprint density at radius 3 is 2.68 bits per heavy atom. The molecule has 0 aliphatic heterocycles. The van der Waals surface area contributed by atoms with Crippen molar-refractivity contribution in [2.45, 2.75) is 11.6 Å². The Morgan fingerprint density at radius 2 is 2.00 bits per heavy atom. The summed E-state index contributed by atoms with van der Waals surface area (Å²) < 4.78 is 29.6. The van der Waals surface area contributed by atoms with E-state index in [2.05, 4.69) is 25.0 Å². The minimum Gasteiger partial charge on any atom is -0.339 e. The number of rotatable bonds is 5. The molecule has 0 aliphatic carbocycles. The maximum Gasteiger partial charge on any atom is 0.259 e. The second-order valence-corrected chi connectivity index (χ2v) is 6.28. The number of imidazole rings is 1. The fourth-order valence-corrected chi connectivity index (χ4v) is 2.75. The Labute approximate surface area is 126 Å². The molecule has 9 nitrogen and oxygen atoms in total. The van der Waals surface area contributed by atoms with Gasteiger partial charge >= 0.3 is 0 Å². The Bertz CT molecular complexity index is 870. The van der Waals surface area contributed by atoms with Gasteiger partial charge in [0.15, 0.2) is 5.03 Å². The molecule has 22 heavy (non-hydrogen) atoms. The minimum absolute atomic E-state index is 0.0310. The molecule has 0 fully saturated rings. The molecule has 3 aromatic rings. The standard InChI is InChI=1S/C12H13N7O2S/c1-18-8-12(14-9-18)22(20,21)15-6-10-7-19(17-16-10)11-2-4-13-5-3-11/h2-5,7-9,15H,6H2,1H3. The normalized spacial score (nSPS) is 11.7. The lowest BCUT2D eigenvalue weighted by Gasteiger charge is -2.01. The summed E-state index contributed by atoms with van der Waals surface area (Å²) in [5.41, 5.74) is 1.29. The van der Waals surface area contributed by atoms with Crippen molar-refractivity contribution in [1.29, 1.82) is 0 Å². The molecule has 10 heteroatoms. The molecular weight excluding hydrogens is 306 g/mol. The average Bonchev–Trinajstić information content (AvgIpc) is 3.15. The van der Waals surface area contributed by atoms with Gasteiger partial charge in [0.1, 0.15) is 0 Å². The molecule has 3 aromatic heterocycles. The molecule has 0 atom stereocenters. The van der Waals surface area contributed by atoms with E-state index < -0.39 is 10.0 Å². The zero-order chi connectivity index (χ0) is 15.6. The van der Waals surface area contributed by atoms with Crippen LogP contribution in [0.4, 0.5) is 0 Å². The molecule has 3 heterocycles. The van der Waals surface area contributed by atoms with E-state index in [-0.39, 0.29) is 11.6 Å². The number of nitrogens with one attached hydrogen (secondary N) is 1. The molecule has 0 saturated carbocycles. The first kappa shape index (κ1) is 14.4. The zero-order valence-corrected chi connectivity index (χ0v) is 12.5. The van der Waals surface area contributed by atoms with Gasteiger partial charge in [-0.25, -0.2) is 22.8 Å². The van der Waals surface area contributed by atoms with Crippen molar-refractivity contribution in [2.24, 2.45) is 7.05 Å². The number of nitrogens with zero attached hydrogens (tertiary/aromatic N) is 6. The Kier molecular flexibility index (Phi) is 3.69. The Morgan fingerprint density at radius 1 is 1.23 bits per heavy atom. The van der Waals surface area contributed by atoms with Crippen LogP contribution in [0.1, 0.15) is 5.69 Å². The van der Waals surface area contributed by atoms with Gasteiger partial charge in [0, 0.05) is 25.6 Å². The van der Waals surface area contributed by atoms with Gasteiger partial charge in [-0.15, -0.1) is 5.10 Å². The molecule has 0 radical (unpaired) electrons. The highest BCUT2D eigenvalue weighted by atomic mass is 32.2. The highest BCUT2D eigenvalue weighted by Crippen LogP contribution is 2.07. The first-order valence-electron chi connectivity index (χ1n) is 6.34. The van der Waals surface area contributed by atoms with Crippen LogP contribution in [0.25, 0.3) is 5.69 Å². The van der Waals surface area contributed by atoms with Gasteiger partial charge in [0.2, 0.25) is 0 Å². The van der Waals surface area contributed by atoms with Crippen LogP contribution in [0, 0.1) is 0 Å². The fourth-order valence-electron chi connectivity index (χ4n) is 1.77. The van der Waals surface area contributed by atoms with Crippen molar-refractivity contribution >= 4 is 10.0 Å². The predicted molar refractivity (Wildman–Crippen MR) is 76.4 cm³/mol. The average molecular weight is 319 g/mol. The predicted octanol–water partition coefficient (Wildman–Crippen LogP) is -0.126. The molecule has 3 rings (SSSR count). The third-order valence-electron chi connectivity index (χ3n) is 2.87. The van der Waals surface area contributed by atoms with Crippen LogP contribution in [-0.2, 0) is 23.6 Å². The van der Waals surface area contributed by atoms with Gasteiger partial charge in [0.25, 0.3) is 10.0 Å². The maximum atomic E-state index is 12.0. The van der Waals surface area contributed by atoms with Gasteiger partial charge < -0.3 is 4.57 Å². The highest BCUT2D eigenvalue weighted by Gasteiger charge is 2.17. The van der Waals surface area contributed by atoms with Crippen LogP contribution in [-0.4, -0.2) is 37.9 Å². The number of hydrogen-bond donors (Lipinski definition) is 1. The van der Waals surface area contributed by atoms with Gasteiger partial charge in [-0.05, 0) is 12.1 Å². The minimum atomic E-state index is -3.66. The van der Waals surface area contributed by atoms with Gasteiger partial charge in [-0.1, -0.05) is 5.21 Å². The summed E-state index contributed by atoms with van der Waals surface area (Å²) in [5, 5.41) is 7.85. The van der Waals surface area contributed by atoms with Crippen molar-refractivity contribution in [3.63, 3.8) is 0 Å². The van der Waals surface area contributed by atoms with Gasteiger partial charge in [0.05, 0.1) is 30.5 Å². The van der Waals surface area contributed by atoms with E-state index in [4.69, 9.17) is 0 Å². The molecule has 0 amide bonds. The fraction of sp³-hybridized carbons (Fsp3) is 0.167. The van der Waals surface area contributed by atoms with E-state index in [1.165, 1.54) is 12.5 Å². The van der Waals surface area contributed by atoms with E-state index in [1.807, 2.05) is 0 Å². The largest absolute Gasteiger partial charge is 0.339 e. The lowest BCUT2D eigenvalue weighted by atomic mass is 10.4. The second-order valence-electron chi connectivity index (χ2n) is 4.56. The molecule has 0 bridgehead atoms. The third kappa shape index (κ3) is 3.02. The van der Waals surface area contributed by atoms with Crippen molar-refractivity contribution in [1.82, 2.24) is 34.3 Å². The maximum absolute atomic E-state index is 12.0. The quantitative estimate of drug-likeness (QED) is 0.702. The monoisotopic (exact) mass is 319 g/mol. The lowest BCUT2D eigenvalue weighted by Crippen LogP contribution is -2.23. The number of aryl methyl sites for hydroxylation is 1. The van der Waals surface area contributed by atoms with Crippen LogP contribution in [0.15, 0.2) is 48.3 Å². The third-order valence-corrected chi connectivity index (χ3v) is 4.15. The second kappa shape index (κ2) is 5.66. The van der Waals surface area contributed by atoms with Crippen LogP contribution >= 0.6 is 0 Å². The molecule has 0 aliphatic rings. The van der Waals surface area contributed by atoms with Gasteiger partial charge in [-0.3, -0.25) is 4.98 Å². The lowest BCUT2D eigenvalue weighted by molar-refractivity contribution is 0.577. The summed E-state index contributed by atoms with van der Waals surface area (Å²) in [4.78, 5) is 7.74. The molecule has 0 spiro atoms. The van der Waals surface area contributed by atoms with Crippen LogP contribution < -0.4 is 4.72 Å². The number of hydrogen-bond acceptors (Lipinski definition) is 6. The Hall–Kier alpha value is -2.59.